The van der Waals surface area contributed by atoms with E-state index in [0.29, 0.717) is 18.8 Å². The Morgan fingerprint density at radius 1 is 1.37 bits per heavy atom. The maximum absolute atomic E-state index is 12.0. The minimum atomic E-state index is -0.512. The quantitative estimate of drug-likeness (QED) is 0.880. The highest BCUT2D eigenvalue weighted by atomic mass is 16.5. The maximum Gasteiger partial charge on any atom is 0.263 e. The number of furan rings is 1. The van der Waals surface area contributed by atoms with Gasteiger partial charge in [-0.1, -0.05) is 12.1 Å². The Balaban J connectivity index is 1.60. The molecule has 2 N–H and O–H groups in total. The molecule has 1 aromatic carbocycles. The van der Waals surface area contributed by atoms with Crippen LogP contribution in [0.5, 0.6) is 5.75 Å². The molecule has 0 bridgehead atoms. The zero-order valence-corrected chi connectivity index (χ0v) is 10.3. The van der Waals surface area contributed by atoms with Gasteiger partial charge < -0.3 is 19.8 Å². The maximum atomic E-state index is 12.0. The summed E-state index contributed by atoms with van der Waals surface area (Å²) in [7, 11) is 0. The van der Waals surface area contributed by atoms with Gasteiger partial charge in [-0.05, 0) is 18.2 Å². The van der Waals surface area contributed by atoms with Crippen molar-refractivity contribution >= 4 is 11.6 Å². The summed E-state index contributed by atoms with van der Waals surface area (Å²) < 4.78 is 10.6. The van der Waals surface area contributed by atoms with Gasteiger partial charge in [0, 0.05) is 12.1 Å². The molecule has 0 radical (unpaired) electrons. The van der Waals surface area contributed by atoms with Crippen LogP contribution in [0.4, 0.5) is 5.69 Å². The third-order valence-corrected chi connectivity index (χ3v) is 2.97. The second-order valence-corrected chi connectivity index (χ2v) is 4.33. The summed E-state index contributed by atoms with van der Waals surface area (Å²) in [5.41, 5.74) is 1.85. The number of benzene rings is 1. The lowest BCUT2D eigenvalue weighted by Gasteiger charge is -2.26. The molecule has 0 aliphatic carbocycles. The number of carbonyl (C=O) groups excluding carboxylic acids is 1. The molecule has 0 saturated carbocycles. The van der Waals surface area contributed by atoms with E-state index in [4.69, 9.17) is 9.15 Å². The Morgan fingerprint density at radius 2 is 2.26 bits per heavy atom. The minimum Gasteiger partial charge on any atom is -0.477 e. The predicted octanol–water partition coefficient (Wildman–Crippen LogP) is 1.77. The second-order valence-electron chi connectivity index (χ2n) is 4.33. The number of nitrogens with one attached hydrogen (secondary N) is 2. The first-order valence-corrected chi connectivity index (χ1v) is 6.11. The largest absolute Gasteiger partial charge is 0.477 e. The van der Waals surface area contributed by atoms with Gasteiger partial charge in [-0.3, -0.25) is 4.79 Å². The van der Waals surface area contributed by atoms with Crippen LogP contribution < -0.4 is 15.4 Å². The van der Waals surface area contributed by atoms with Crippen LogP contribution in [0.25, 0.3) is 0 Å². The lowest BCUT2D eigenvalue weighted by molar-refractivity contribution is -0.127. The van der Waals surface area contributed by atoms with Gasteiger partial charge >= 0.3 is 0 Å². The van der Waals surface area contributed by atoms with Crippen molar-refractivity contribution in [3.8, 4) is 5.75 Å². The topological polar surface area (TPSA) is 63.5 Å². The van der Waals surface area contributed by atoms with Crippen molar-refractivity contribution in [2.24, 2.45) is 0 Å². The molecule has 19 heavy (non-hydrogen) atoms. The van der Waals surface area contributed by atoms with E-state index < -0.39 is 6.10 Å². The fourth-order valence-corrected chi connectivity index (χ4v) is 1.96. The fourth-order valence-electron chi connectivity index (χ4n) is 1.96. The molecular weight excluding hydrogens is 244 g/mol. The number of hydrogen-bond acceptors (Lipinski definition) is 4. The van der Waals surface area contributed by atoms with E-state index in [1.165, 1.54) is 0 Å². The minimum absolute atomic E-state index is 0.136. The Morgan fingerprint density at radius 3 is 3.11 bits per heavy atom. The fraction of sp³-hybridized carbons (Fsp3) is 0.214. The van der Waals surface area contributed by atoms with Gasteiger partial charge in [0.2, 0.25) is 0 Å². The molecule has 5 nitrogen and oxygen atoms in total. The van der Waals surface area contributed by atoms with Gasteiger partial charge in [-0.2, -0.15) is 0 Å². The highest BCUT2D eigenvalue weighted by molar-refractivity contribution is 5.83. The van der Waals surface area contributed by atoms with Crippen LogP contribution in [0.3, 0.4) is 0 Å². The molecule has 5 heteroatoms. The average Bonchev–Trinajstić information content (AvgIpc) is 2.97. The monoisotopic (exact) mass is 258 g/mol. The van der Waals surface area contributed by atoms with Crippen molar-refractivity contribution < 1.29 is 13.9 Å². The highest BCUT2D eigenvalue weighted by Gasteiger charge is 2.25. The van der Waals surface area contributed by atoms with Crippen molar-refractivity contribution in [3.63, 3.8) is 0 Å². The number of anilines is 1. The van der Waals surface area contributed by atoms with Crippen molar-refractivity contribution in [2.75, 3.05) is 11.9 Å². The number of hydrogen-bond donors (Lipinski definition) is 2. The first-order chi connectivity index (χ1) is 9.33. The highest BCUT2D eigenvalue weighted by Crippen LogP contribution is 2.28. The number of rotatable bonds is 3. The van der Waals surface area contributed by atoms with Crippen LogP contribution in [0.2, 0.25) is 0 Å². The van der Waals surface area contributed by atoms with Gasteiger partial charge in [0.25, 0.3) is 5.91 Å². The SMILES string of the molecule is O=C(NCc1ccoc1)C1CNc2ccccc2O1. The second kappa shape index (κ2) is 5.06. The van der Waals surface area contributed by atoms with Gasteiger partial charge in [-0.25, -0.2) is 0 Å². The molecule has 1 aromatic heterocycles. The van der Waals surface area contributed by atoms with Crippen LogP contribution in [0, 0.1) is 0 Å². The van der Waals surface area contributed by atoms with Crippen LogP contribution in [0.1, 0.15) is 5.56 Å². The number of carbonyl (C=O) groups is 1. The molecule has 0 fully saturated rings. The van der Waals surface area contributed by atoms with Gasteiger partial charge in [0.05, 0.1) is 24.8 Å². The first kappa shape index (κ1) is 11.6. The lowest BCUT2D eigenvalue weighted by Crippen LogP contribution is -2.44. The van der Waals surface area contributed by atoms with Crippen molar-refractivity contribution in [1.82, 2.24) is 5.32 Å². The first-order valence-electron chi connectivity index (χ1n) is 6.11. The molecular formula is C14H14N2O3. The lowest BCUT2D eigenvalue weighted by atomic mass is 10.2. The predicted molar refractivity (Wildman–Crippen MR) is 69.9 cm³/mol. The Bertz CT molecular complexity index is 566. The van der Waals surface area contributed by atoms with E-state index in [-0.39, 0.29) is 5.91 Å². The van der Waals surface area contributed by atoms with Gasteiger partial charge in [0.1, 0.15) is 5.75 Å². The van der Waals surface area contributed by atoms with Crippen LogP contribution in [0.15, 0.2) is 47.3 Å². The molecule has 1 atom stereocenters. The van der Waals surface area contributed by atoms with E-state index >= 15 is 0 Å². The standard InChI is InChI=1S/C14H14N2O3/c17-14(16-7-10-5-6-18-9-10)13-8-15-11-3-1-2-4-12(11)19-13/h1-6,9,13,15H,7-8H2,(H,16,17). The summed E-state index contributed by atoms with van der Waals surface area (Å²) in [6, 6.07) is 9.39. The Kier molecular flexibility index (Phi) is 3.10. The number of para-hydroxylation sites is 2. The molecule has 2 aromatic rings. The van der Waals surface area contributed by atoms with E-state index in [1.54, 1.807) is 12.5 Å². The summed E-state index contributed by atoms with van der Waals surface area (Å²) in [5, 5.41) is 6.00. The normalized spacial score (nSPS) is 16.9. The van der Waals surface area contributed by atoms with Crippen LogP contribution >= 0.6 is 0 Å². The van der Waals surface area contributed by atoms with Crippen LogP contribution in [-0.4, -0.2) is 18.6 Å². The molecule has 1 aliphatic heterocycles. The van der Waals surface area contributed by atoms with E-state index in [9.17, 15) is 4.79 Å². The molecule has 0 spiro atoms. The summed E-state index contributed by atoms with van der Waals surface area (Å²) >= 11 is 0. The molecule has 1 amide bonds. The summed E-state index contributed by atoms with van der Waals surface area (Å²) in [6.07, 6.45) is 2.67. The Hall–Kier alpha value is -2.43. The van der Waals surface area contributed by atoms with Crippen molar-refractivity contribution in [1.29, 1.82) is 0 Å². The smallest absolute Gasteiger partial charge is 0.263 e. The molecule has 0 saturated heterocycles. The molecule has 2 heterocycles. The summed E-state index contributed by atoms with van der Waals surface area (Å²) in [4.78, 5) is 12.0. The van der Waals surface area contributed by atoms with E-state index in [1.807, 2.05) is 30.3 Å². The summed E-state index contributed by atoms with van der Waals surface area (Å²) in [5.74, 6) is 0.570. The third kappa shape index (κ3) is 2.54. The van der Waals surface area contributed by atoms with E-state index in [0.717, 1.165) is 11.3 Å². The molecule has 1 aliphatic rings. The van der Waals surface area contributed by atoms with Crippen LogP contribution in [-0.2, 0) is 11.3 Å². The summed E-state index contributed by atoms with van der Waals surface area (Å²) in [6.45, 7) is 0.908. The average molecular weight is 258 g/mol. The molecule has 3 rings (SSSR count). The van der Waals surface area contributed by atoms with Crippen molar-refractivity contribution in [2.45, 2.75) is 12.6 Å². The number of fused-ring (bicyclic) bond motifs is 1. The van der Waals surface area contributed by atoms with E-state index in [2.05, 4.69) is 10.6 Å². The van der Waals surface area contributed by atoms with Gasteiger partial charge in [0.15, 0.2) is 6.10 Å². The molecule has 1 unspecified atom stereocenters. The number of ether oxygens (including phenoxy) is 1. The van der Waals surface area contributed by atoms with Crippen molar-refractivity contribution in [3.05, 3.63) is 48.4 Å². The number of amides is 1. The Labute approximate surface area is 110 Å². The zero-order valence-electron chi connectivity index (χ0n) is 10.3. The zero-order chi connectivity index (χ0) is 13.1. The third-order valence-electron chi connectivity index (χ3n) is 2.97. The van der Waals surface area contributed by atoms with Gasteiger partial charge in [-0.15, -0.1) is 0 Å². The molecule has 98 valence electrons.